The summed E-state index contributed by atoms with van der Waals surface area (Å²) in [5.41, 5.74) is 3.07. The van der Waals surface area contributed by atoms with Gasteiger partial charge in [-0.15, -0.1) is 0 Å². The minimum Gasteiger partial charge on any atom is -0.296 e. The Kier molecular flexibility index (Phi) is 3.65. The van der Waals surface area contributed by atoms with E-state index in [-0.39, 0.29) is 5.91 Å². The number of thiocarbonyl (C=S) groups is 1. The Hall–Kier alpha value is -1.92. The van der Waals surface area contributed by atoms with Crippen LogP contribution in [0.15, 0.2) is 41.6 Å². The Morgan fingerprint density at radius 3 is 2.62 bits per heavy atom. The SMILES string of the molecule is Cc1ccc(-n2cc(/C=C3\SC(=S)N(C)C3=O)cn2)cc1. The highest BCUT2D eigenvalue weighted by Crippen LogP contribution is 2.31. The van der Waals surface area contributed by atoms with Crippen LogP contribution in [0.3, 0.4) is 0 Å². The number of hydrogen-bond donors (Lipinski definition) is 0. The molecule has 1 aromatic carbocycles. The van der Waals surface area contributed by atoms with Crippen LogP contribution in [0, 0.1) is 6.92 Å². The number of nitrogens with zero attached hydrogens (tertiary/aromatic N) is 3. The van der Waals surface area contributed by atoms with Crippen LogP contribution < -0.4 is 0 Å². The monoisotopic (exact) mass is 315 g/mol. The molecule has 1 fully saturated rings. The second kappa shape index (κ2) is 5.46. The smallest absolute Gasteiger partial charge is 0.265 e. The molecular formula is C15H13N3OS2. The van der Waals surface area contributed by atoms with Gasteiger partial charge in [0.05, 0.1) is 16.8 Å². The molecule has 0 atom stereocenters. The highest BCUT2D eigenvalue weighted by atomic mass is 32.2. The van der Waals surface area contributed by atoms with Crippen molar-refractivity contribution in [3.05, 3.63) is 52.7 Å². The van der Waals surface area contributed by atoms with E-state index >= 15 is 0 Å². The fraction of sp³-hybridized carbons (Fsp3) is 0.133. The van der Waals surface area contributed by atoms with Crippen LogP contribution in [0.5, 0.6) is 0 Å². The van der Waals surface area contributed by atoms with Crippen molar-refractivity contribution >= 4 is 40.3 Å². The lowest BCUT2D eigenvalue weighted by Crippen LogP contribution is -2.22. The van der Waals surface area contributed by atoms with Crippen molar-refractivity contribution in [3.8, 4) is 5.69 Å². The van der Waals surface area contributed by atoms with Gasteiger partial charge in [0.25, 0.3) is 5.91 Å². The van der Waals surface area contributed by atoms with E-state index in [2.05, 4.69) is 5.10 Å². The predicted octanol–water partition coefficient (Wildman–Crippen LogP) is 3.01. The molecular weight excluding hydrogens is 302 g/mol. The molecule has 1 aromatic heterocycles. The minimum atomic E-state index is -0.0620. The van der Waals surface area contributed by atoms with Gasteiger partial charge in [0.2, 0.25) is 0 Å². The van der Waals surface area contributed by atoms with E-state index in [0.29, 0.717) is 9.23 Å². The Bertz CT molecular complexity index is 747. The Labute approximate surface area is 132 Å². The maximum absolute atomic E-state index is 12.0. The van der Waals surface area contributed by atoms with E-state index in [1.165, 1.54) is 22.2 Å². The van der Waals surface area contributed by atoms with Gasteiger partial charge in [-0.05, 0) is 25.1 Å². The number of benzene rings is 1. The quantitative estimate of drug-likeness (QED) is 0.631. The first-order valence-electron chi connectivity index (χ1n) is 6.38. The second-order valence-corrected chi connectivity index (χ2v) is 6.47. The van der Waals surface area contributed by atoms with Gasteiger partial charge in [0.1, 0.15) is 4.32 Å². The molecule has 1 aliphatic rings. The number of aromatic nitrogens is 2. The Morgan fingerprint density at radius 1 is 1.29 bits per heavy atom. The van der Waals surface area contributed by atoms with Crippen LogP contribution in [0.1, 0.15) is 11.1 Å². The lowest BCUT2D eigenvalue weighted by molar-refractivity contribution is -0.121. The van der Waals surface area contributed by atoms with E-state index < -0.39 is 0 Å². The average molecular weight is 315 g/mol. The van der Waals surface area contributed by atoms with Gasteiger partial charge in [-0.3, -0.25) is 9.69 Å². The molecule has 21 heavy (non-hydrogen) atoms. The molecule has 1 amide bonds. The fourth-order valence-electron chi connectivity index (χ4n) is 1.95. The highest BCUT2D eigenvalue weighted by molar-refractivity contribution is 8.26. The van der Waals surface area contributed by atoms with Crippen molar-refractivity contribution in [2.24, 2.45) is 0 Å². The number of thioether (sulfide) groups is 1. The summed E-state index contributed by atoms with van der Waals surface area (Å²) < 4.78 is 2.37. The lowest BCUT2D eigenvalue weighted by Gasteiger charge is -2.03. The van der Waals surface area contributed by atoms with Crippen molar-refractivity contribution in [1.82, 2.24) is 14.7 Å². The highest BCUT2D eigenvalue weighted by Gasteiger charge is 2.28. The van der Waals surface area contributed by atoms with Crippen LogP contribution >= 0.6 is 24.0 Å². The molecule has 0 unspecified atom stereocenters. The second-order valence-electron chi connectivity index (χ2n) is 4.79. The molecule has 1 aliphatic heterocycles. The summed E-state index contributed by atoms with van der Waals surface area (Å²) in [7, 11) is 1.69. The van der Waals surface area contributed by atoms with Crippen LogP contribution in [-0.2, 0) is 4.79 Å². The third-order valence-electron chi connectivity index (χ3n) is 3.19. The molecule has 0 aliphatic carbocycles. The molecule has 2 heterocycles. The van der Waals surface area contributed by atoms with Crippen LogP contribution in [0.4, 0.5) is 0 Å². The van der Waals surface area contributed by atoms with Gasteiger partial charge in [-0.2, -0.15) is 5.10 Å². The molecule has 1 saturated heterocycles. The molecule has 2 aromatic rings. The topological polar surface area (TPSA) is 38.1 Å². The van der Waals surface area contributed by atoms with E-state index in [1.807, 2.05) is 43.5 Å². The summed E-state index contributed by atoms with van der Waals surface area (Å²) in [6.45, 7) is 2.05. The van der Waals surface area contributed by atoms with Crippen molar-refractivity contribution in [3.63, 3.8) is 0 Å². The lowest BCUT2D eigenvalue weighted by atomic mass is 10.2. The molecule has 106 valence electrons. The van der Waals surface area contributed by atoms with E-state index in [4.69, 9.17) is 12.2 Å². The zero-order valence-electron chi connectivity index (χ0n) is 11.6. The van der Waals surface area contributed by atoms with Crippen LogP contribution in [0.2, 0.25) is 0 Å². The van der Waals surface area contributed by atoms with Crippen LogP contribution in [0.25, 0.3) is 11.8 Å². The number of carbonyl (C=O) groups excluding carboxylic acids is 1. The number of likely N-dealkylation sites (N-methyl/N-ethyl adjacent to an activating group) is 1. The molecule has 0 radical (unpaired) electrons. The number of aryl methyl sites for hydroxylation is 1. The largest absolute Gasteiger partial charge is 0.296 e. The first-order valence-corrected chi connectivity index (χ1v) is 7.60. The summed E-state index contributed by atoms with van der Waals surface area (Å²) in [5, 5.41) is 4.33. The van der Waals surface area contributed by atoms with Crippen molar-refractivity contribution in [2.45, 2.75) is 6.92 Å². The Balaban J connectivity index is 1.87. The predicted molar refractivity (Wildman–Crippen MR) is 89.2 cm³/mol. The third kappa shape index (κ3) is 2.77. The van der Waals surface area contributed by atoms with E-state index in [9.17, 15) is 4.79 Å². The first-order chi connectivity index (χ1) is 10.0. The van der Waals surface area contributed by atoms with Gasteiger partial charge in [0.15, 0.2) is 0 Å². The molecule has 6 heteroatoms. The zero-order chi connectivity index (χ0) is 15.0. The van der Waals surface area contributed by atoms with E-state index in [0.717, 1.165) is 11.3 Å². The molecule has 0 bridgehead atoms. The molecule has 3 rings (SSSR count). The number of amides is 1. The fourth-order valence-corrected chi connectivity index (χ4v) is 3.13. The van der Waals surface area contributed by atoms with Gasteiger partial charge in [0, 0.05) is 18.8 Å². The average Bonchev–Trinajstić information content (AvgIpc) is 3.02. The van der Waals surface area contributed by atoms with Crippen molar-refractivity contribution < 1.29 is 4.79 Å². The maximum atomic E-state index is 12.0. The number of carbonyl (C=O) groups is 1. The standard InChI is InChI=1S/C15H13N3OS2/c1-10-3-5-12(6-4-10)18-9-11(8-16-18)7-13-14(19)17(2)15(20)21-13/h3-9H,1-2H3/b13-7-. The van der Waals surface area contributed by atoms with Crippen molar-refractivity contribution in [2.75, 3.05) is 7.05 Å². The summed E-state index contributed by atoms with van der Waals surface area (Å²) in [4.78, 5) is 14.1. The summed E-state index contributed by atoms with van der Waals surface area (Å²) in [6.07, 6.45) is 5.45. The molecule has 4 nitrogen and oxygen atoms in total. The normalized spacial score (nSPS) is 17.0. The molecule has 0 saturated carbocycles. The number of rotatable bonds is 2. The Morgan fingerprint density at radius 2 is 2.00 bits per heavy atom. The van der Waals surface area contributed by atoms with Gasteiger partial charge >= 0.3 is 0 Å². The minimum absolute atomic E-state index is 0.0620. The van der Waals surface area contributed by atoms with E-state index in [1.54, 1.807) is 17.9 Å². The van der Waals surface area contributed by atoms with Gasteiger partial charge in [-0.25, -0.2) is 4.68 Å². The zero-order valence-corrected chi connectivity index (χ0v) is 13.2. The van der Waals surface area contributed by atoms with Crippen LogP contribution in [-0.4, -0.2) is 32.0 Å². The molecule has 0 N–H and O–H groups in total. The molecule has 0 spiro atoms. The third-order valence-corrected chi connectivity index (χ3v) is 4.67. The summed E-state index contributed by atoms with van der Waals surface area (Å²) in [6, 6.07) is 8.10. The van der Waals surface area contributed by atoms with Gasteiger partial charge < -0.3 is 0 Å². The maximum Gasteiger partial charge on any atom is 0.265 e. The van der Waals surface area contributed by atoms with Gasteiger partial charge in [-0.1, -0.05) is 41.7 Å². The van der Waals surface area contributed by atoms with Crippen molar-refractivity contribution in [1.29, 1.82) is 0 Å². The first kappa shape index (κ1) is 14.0. The summed E-state index contributed by atoms with van der Waals surface area (Å²) >= 11 is 6.43. The summed E-state index contributed by atoms with van der Waals surface area (Å²) in [5.74, 6) is -0.0620. The number of hydrogen-bond acceptors (Lipinski definition) is 4.